The number of carbonyl (C=O) groups is 1. The lowest BCUT2D eigenvalue weighted by molar-refractivity contribution is -0.153. The van der Waals surface area contributed by atoms with Crippen molar-refractivity contribution < 1.29 is 14.3 Å². The van der Waals surface area contributed by atoms with Crippen LogP contribution in [0.25, 0.3) is 0 Å². The van der Waals surface area contributed by atoms with E-state index in [2.05, 4.69) is 0 Å². The van der Waals surface area contributed by atoms with Crippen molar-refractivity contribution in [2.24, 2.45) is 5.73 Å². The maximum absolute atomic E-state index is 11.4. The van der Waals surface area contributed by atoms with Crippen LogP contribution in [0.1, 0.15) is 42.5 Å². The van der Waals surface area contributed by atoms with Crippen LogP contribution in [-0.4, -0.2) is 24.2 Å². The Balaban J connectivity index is 1.76. The summed E-state index contributed by atoms with van der Waals surface area (Å²) in [6.45, 7) is 0.707. The number of ether oxygens (including phenoxy) is 2. The molecule has 3 rings (SSSR count). The van der Waals surface area contributed by atoms with Crippen LogP contribution in [0.15, 0.2) is 18.2 Å². The van der Waals surface area contributed by atoms with Gasteiger partial charge in [0.15, 0.2) is 0 Å². The lowest BCUT2D eigenvalue weighted by Gasteiger charge is -2.47. The molecule has 1 saturated heterocycles. The molecule has 1 aromatic rings. The second-order valence-electron chi connectivity index (χ2n) is 5.74. The van der Waals surface area contributed by atoms with Crippen LogP contribution < -0.4 is 16.2 Å². The molecule has 1 unspecified atom stereocenters. The third kappa shape index (κ3) is 2.45. The highest BCUT2D eigenvalue weighted by Crippen LogP contribution is 2.43. The predicted octanol–water partition coefficient (Wildman–Crippen LogP) is 1.85. The zero-order chi connectivity index (χ0) is 14.2. The monoisotopic (exact) mass is 276 g/mol. The summed E-state index contributed by atoms with van der Waals surface area (Å²) in [6.07, 6.45) is 5.19. The summed E-state index contributed by atoms with van der Waals surface area (Å²) in [5.41, 5.74) is 12.1. The third-order valence-corrected chi connectivity index (χ3v) is 4.28. The van der Waals surface area contributed by atoms with E-state index >= 15 is 0 Å². The second kappa shape index (κ2) is 4.98. The highest BCUT2D eigenvalue weighted by Gasteiger charge is 2.43. The van der Waals surface area contributed by atoms with E-state index in [9.17, 15) is 4.79 Å². The van der Waals surface area contributed by atoms with Crippen molar-refractivity contribution >= 4 is 11.6 Å². The van der Waals surface area contributed by atoms with Crippen molar-refractivity contribution in [1.29, 1.82) is 0 Å². The molecular weight excluding hydrogens is 256 g/mol. The van der Waals surface area contributed by atoms with E-state index in [0.29, 0.717) is 23.6 Å². The first kappa shape index (κ1) is 13.2. The third-order valence-electron chi connectivity index (χ3n) is 4.28. The number of anilines is 1. The Labute approximate surface area is 118 Å². The van der Waals surface area contributed by atoms with Gasteiger partial charge in [0.1, 0.15) is 11.9 Å². The van der Waals surface area contributed by atoms with Gasteiger partial charge in [0.2, 0.25) is 0 Å². The minimum atomic E-state index is -0.495. The molecule has 2 aliphatic rings. The van der Waals surface area contributed by atoms with Gasteiger partial charge >= 0.3 is 0 Å². The van der Waals surface area contributed by atoms with Crippen LogP contribution in [-0.2, 0) is 4.74 Å². The fourth-order valence-electron chi connectivity index (χ4n) is 3.02. The molecule has 5 nitrogen and oxygen atoms in total. The Morgan fingerprint density at radius 3 is 2.85 bits per heavy atom. The van der Waals surface area contributed by atoms with Gasteiger partial charge in [0.25, 0.3) is 5.91 Å². The number of amides is 1. The van der Waals surface area contributed by atoms with Crippen molar-refractivity contribution in [2.75, 3.05) is 12.3 Å². The van der Waals surface area contributed by atoms with Gasteiger partial charge in [-0.25, -0.2) is 0 Å². The fraction of sp³-hybridized carbons (Fsp3) is 0.533. The molecule has 0 aromatic heterocycles. The molecule has 1 heterocycles. The number of hydrogen-bond acceptors (Lipinski definition) is 4. The van der Waals surface area contributed by atoms with Crippen LogP contribution >= 0.6 is 0 Å². The van der Waals surface area contributed by atoms with E-state index in [1.165, 1.54) is 6.42 Å². The molecule has 5 heteroatoms. The van der Waals surface area contributed by atoms with Gasteiger partial charge in [-0.05, 0) is 31.4 Å². The number of rotatable bonds is 3. The zero-order valence-electron chi connectivity index (χ0n) is 11.4. The summed E-state index contributed by atoms with van der Waals surface area (Å²) in [5, 5.41) is 0. The molecule has 1 aromatic carbocycles. The molecule has 0 radical (unpaired) electrons. The Bertz CT molecular complexity index is 526. The molecule has 1 spiro atoms. The van der Waals surface area contributed by atoms with Crippen molar-refractivity contribution in [3.8, 4) is 5.75 Å². The molecule has 2 fully saturated rings. The number of benzene rings is 1. The Kier molecular flexibility index (Phi) is 3.30. The lowest BCUT2D eigenvalue weighted by Crippen LogP contribution is -2.48. The maximum atomic E-state index is 11.4. The quantitative estimate of drug-likeness (QED) is 0.825. The van der Waals surface area contributed by atoms with Gasteiger partial charge in [-0.15, -0.1) is 0 Å². The van der Waals surface area contributed by atoms with Crippen LogP contribution in [0, 0.1) is 0 Å². The highest BCUT2D eigenvalue weighted by molar-refractivity contribution is 5.96. The Morgan fingerprint density at radius 2 is 2.20 bits per heavy atom. The van der Waals surface area contributed by atoms with E-state index < -0.39 is 5.91 Å². The van der Waals surface area contributed by atoms with E-state index in [1.54, 1.807) is 18.2 Å². The van der Waals surface area contributed by atoms with Crippen LogP contribution in [0.2, 0.25) is 0 Å². The number of carbonyl (C=O) groups excluding carboxylic acids is 1. The maximum Gasteiger partial charge on any atom is 0.252 e. The van der Waals surface area contributed by atoms with Gasteiger partial charge in [-0.3, -0.25) is 4.79 Å². The topological polar surface area (TPSA) is 87.6 Å². The van der Waals surface area contributed by atoms with Crippen LogP contribution in [0.3, 0.4) is 0 Å². The molecule has 1 aliphatic heterocycles. The molecule has 4 N–H and O–H groups in total. The van der Waals surface area contributed by atoms with Crippen LogP contribution in [0.4, 0.5) is 5.69 Å². The molecule has 1 atom stereocenters. The SMILES string of the molecule is NC(=O)c1ccc(N)cc1OC1CCOC2(CCC2)C1. The standard InChI is InChI=1S/C15H20N2O3/c16-10-2-3-12(14(17)18)13(8-10)20-11-4-7-19-15(9-11)5-1-6-15/h2-3,8,11H,1,4-7,9,16H2,(H2,17,18). The predicted molar refractivity (Wildman–Crippen MR) is 75.6 cm³/mol. The number of nitrogens with two attached hydrogens (primary N) is 2. The summed E-state index contributed by atoms with van der Waals surface area (Å²) >= 11 is 0. The normalized spacial score (nSPS) is 24.1. The average molecular weight is 276 g/mol. The van der Waals surface area contributed by atoms with Gasteiger partial charge in [0.05, 0.1) is 17.8 Å². The number of nitrogen functional groups attached to an aromatic ring is 1. The largest absolute Gasteiger partial charge is 0.489 e. The van der Waals surface area contributed by atoms with Crippen molar-refractivity contribution in [3.05, 3.63) is 23.8 Å². The number of hydrogen-bond donors (Lipinski definition) is 2. The molecule has 20 heavy (non-hydrogen) atoms. The van der Waals surface area contributed by atoms with Gasteiger partial charge in [0, 0.05) is 24.6 Å². The average Bonchev–Trinajstić information content (AvgIpc) is 2.37. The van der Waals surface area contributed by atoms with Crippen molar-refractivity contribution in [3.63, 3.8) is 0 Å². The molecule has 0 bridgehead atoms. The van der Waals surface area contributed by atoms with Gasteiger partial charge in [-0.1, -0.05) is 0 Å². The minimum Gasteiger partial charge on any atom is -0.489 e. The first-order valence-corrected chi connectivity index (χ1v) is 7.08. The molecular formula is C15H20N2O3. The zero-order valence-corrected chi connectivity index (χ0v) is 11.4. The first-order valence-electron chi connectivity index (χ1n) is 7.08. The molecule has 1 saturated carbocycles. The van der Waals surface area contributed by atoms with Gasteiger partial charge < -0.3 is 20.9 Å². The Hall–Kier alpha value is -1.75. The summed E-state index contributed by atoms with van der Waals surface area (Å²) in [5.74, 6) is -0.00992. The summed E-state index contributed by atoms with van der Waals surface area (Å²) in [7, 11) is 0. The smallest absolute Gasteiger partial charge is 0.252 e. The summed E-state index contributed by atoms with van der Waals surface area (Å²) < 4.78 is 11.9. The second-order valence-corrected chi connectivity index (χ2v) is 5.74. The lowest BCUT2D eigenvalue weighted by atomic mass is 9.74. The Morgan fingerprint density at radius 1 is 1.40 bits per heavy atom. The van der Waals surface area contributed by atoms with Crippen LogP contribution in [0.5, 0.6) is 5.75 Å². The minimum absolute atomic E-state index is 0.0100. The van der Waals surface area contributed by atoms with Crippen molar-refractivity contribution in [2.45, 2.75) is 43.8 Å². The molecule has 1 aliphatic carbocycles. The summed E-state index contributed by atoms with van der Waals surface area (Å²) in [4.78, 5) is 11.4. The van der Waals surface area contributed by atoms with E-state index in [0.717, 1.165) is 25.7 Å². The molecule has 108 valence electrons. The fourth-order valence-corrected chi connectivity index (χ4v) is 3.02. The highest BCUT2D eigenvalue weighted by atomic mass is 16.5. The van der Waals surface area contributed by atoms with Gasteiger partial charge in [-0.2, -0.15) is 0 Å². The van der Waals surface area contributed by atoms with E-state index in [1.807, 2.05) is 0 Å². The first-order chi connectivity index (χ1) is 9.58. The molecule has 1 amide bonds. The van der Waals surface area contributed by atoms with E-state index in [-0.39, 0.29) is 11.7 Å². The van der Waals surface area contributed by atoms with Crippen molar-refractivity contribution in [1.82, 2.24) is 0 Å². The van der Waals surface area contributed by atoms with E-state index in [4.69, 9.17) is 20.9 Å². The number of primary amides is 1. The summed E-state index contributed by atoms with van der Waals surface area (Å²) in [6, 6.07) is 4.94.